The second-order valence-electron chi connectivity index (χ2n) is 6.19. The minimum Gasteiger partial charge on any atom is -0.395 e. The Hall–Kier alpha value is -0.610. The highest BCUT2D eigenvalue weighted by Gasteiger charge is 2.42. The highest BCUT2D eigenvalue weighted by Crippen LogP contribution is 2.44. The molecule has 3 rings (SSSR count). The third-order valence-corrected chi connectivity index (χ3v) is 4.38. The van der Waals surface area contributed by atoms with Crippen molar-refractivity contribution < 1.29 is 9.90 Å². The van der Waals surface area contributed by atoms with Crippen LogP contribution < -0.4 is 5.32 Å². The van der Waals surface area contributed by atoms with Crippen molar-refractivity contribution in [2.75, 3.05) is 19.7 Å². The zero-order valence-electron chi connectivity index (χ0n) is 11.0. The summed E-state index contributed by atoms with van der Waals surface area (Å²) in [6.07, 6.45) is 7.55. The molecule has 102 valence electrons. The molecule has 0 radical (unpaired) electrons. The van der Waals surface area contributed by atoms with Gasteiger partial charge >= 0.3 is 0 Å². The van der Waals surface area contributed by atoms with Crippen LogP contribution in [0, 0.1) is 11.8 Å². The largest absolute Gasteiger partial charge is 0.395 e. The quantitative estimate of drug-likeness (QED) is 0.670. The van der Waals surface area contributed by atoms with Gasteiger partial charge in [-0.05, 0) is 50.4 Å². The van der Waals surface area contributed by atoms with Gasteiger partial charge in [0.15, 0.2) is 0 Å². The van der Waals surface area contributed by atoms with Crippen molar-refractivity contribution in [3.8, 4) is 0 Å². The normalized spacial score (nSPS) is 23.7. The number of aliphatic hydroxyl groups excluding tert-OH is 1. The molecule has 0 heterocycles. The van der Waals surface area contributed by atoms with Crippen LogP contribution in [-0.2, 0) is 4.79 Å². The van der Waals surface area contributed by atoms with Crippen molar-refractivity contribution in [2.45, 2.75) is 50.6 Å². The minimum atomic E-state index is 0.151. The van der Waals surface area contributed by atoms with Gasteiger partial charge in [0.25, 0.3) is 0 Å². The molecule has 0 saturated heterocycles. The first-order valence-corrected chi connectivity index (χ1v) is 7.42. The standard InChI is InChI=1S/C14H24N2O2/c17-8-7-16(12-5-6-12)9-13(18)15-14(10-1-2-10)11-3-4-11/h10-12,14,17H,1-9H2,(H,15,18). The van der Waals surface area contributed by atoms with Crippen LogP contribution in [0.5, 0.6) is 0 Å². The van der Waals surface area contributed by atoms with Gasteiger partial charge in [0.2, 0.25) is 5.91 Å². The van der Waals surface area contributed by atoms with Gasteiger partial charge in [-0.25, -0.2) is 0 Å². The molecular weight excluding hydrogens is 228 g/mol. The van der Waals surface area contributed by atoms with Crippen molar-refractivity contribution in [2.24, 2.45) is 11.8 Å². The summed E-state index contributed by atoms with van der Waals surface area (Å²) in [4.78, 5) is 14.2. The summed E-state index contributed by atoms with van der Waals surface area (Å²) >= 11 is 0. The van der Waals surface area contributed by atoms with E-state index in [-0.39, 0.29) is 12.5 Å². The third kappa shape index (κ3) is 3.23. The van der Waals surface area contributed by atoms with E-state index in [1.807, 2.05) is 0 Å². The highest BCUT2D eigenvalue weighted by atomic mass is 16.3. The smallest absolute Gasteiger partial charge is 0.234 e. The topological polar surface area (TPSA) is 52.6 Å². The summed E-state index contributed by atoms with van der Waals surface area (Å²) in [7, 11) is 0. The van der Waals surface area contributed by atoms with Gasteiger partial charge in [-0.2, -0.15) is 0 Å². The molecule has 0 unspecified atom stereocenters. The zero-order chi connectivity index (χ0) is 12.5. The lowest BCUT2D eigenvalue weighted by molar-refractivity contribution is -0.123. The first-order chi connectivity index (χ1) is 8.78. The van der Waals surface area contributed by atoms with E-state index >= 15 is 0 Å². The molecule has 0 spiro atoms. The van der Waals surface area contributed by atoms with Crippen molar-refractivity contribution in [1.29, 1.82) is 0 Å². The first kappa shape index (κ1) is 12.4. The Balaban J connectivity index is 1.47. The number of amides is 1. The number of aliphatic hydroxyl groups is 1. The van der Waals surface area contributed by atoms with Crippen LogP contribution in [0.3, 0.4) is 0 Å². The number of hydrogen-bond donors (Lipinski definition) is 2. The average molecular weight is 252 g/mol. The molecule has 0 aromatic rings. The molecule has 0 aromatic heterocycles. The van der Waals surface area contributed by atoms with E-state index in [0.29, 0.717) is 25.2 Å². The highest BCUT2D eigenvalue weighted by molar-refractivity contribution is 5.78. The zero-order valence-corrected chi connectivity index (χ0v) is 11.0. The average Bonchev–Trinajstić information content (AvgIpc) is 3.21. The fourth-order valence-corrected chi connectivity index (χ4v) is 2.91. The first-order valence-electron chi connectivity index (χ1n) is 7.42. The second kappa shape index (κ2) is 5.17. The van der Waals surface area contributed by atoms with E-state index in [4.69, 9.17) is 5.11 Å². The molecule has 3 aliphatic carbocycles. The molecule has 4 nitrogen and oxygen atoms in total. The van der Waals surface area contributed by atoms with Crippen LogP contribution >= 0.6 is 0 Å². The SMILES string of the molecule is O=C(CN(CCO)C1CC1)NC(C1CC1)C1CC1. The van der Waals surface area contributed by atoms with E-state index in [0.717, 1.165) is 11.8 Å². The predicted molar refractivity (Wildman–Crippen MR) is 69.1 cm³/mol. The summed E-state index contributed by atoms with van der Waals surface area (Å²) in [5.74, 6) is 1.68. The predicted octanol–water partition coefficient (Wildman–Crippen LogP) is 0.748. The number of nitrogens with zero attached hydrogens (tertiary/aromatic N) is 1. The van der Waals surface area contributed by atoms with Gasteiger partial charge in [-0.1, -0.05) is 0 Å². The van der Waals surface area contributed by atoms with Gasteiger partial charge in [0.1, 0.15) is 0 Å². The van der Waals surface area contributed by atoms with Gasteiger partial charge in [0, 0.05) is 18.6 Å². The lowest BCUT2D eigenvalue weighted by Crippen LogP contribution is -2.45. The molecule has 3 fully saturated rings. The van der Waals surface area contributed by atoms with Crippen molar-refractivity contribution in [3.05, 3.63) is 0 Å². The number of carbonyl (C=O) groups excluding carboxylic acids is 1. The Bertz CT molecular complexity index is 297. The maximum absolute atomic E-state index is 12.1. The lowest BCUT2D eigenvalue weighted by atomic mass is 10.1. The molecule has 0 bridgehead atoms. The van der Waals surface area contributed by atoms with E-state index in [9.17, 15) is 4.79 Å². The Morgan fingerprint density at radius 3 is 2.22 bits per heavy atom. The Kier molecular flexibility index (Phi) is 3.57. The summed E-state index contributed by atoms with van der Waals surface area (Å²) < 4.78 is 0. The molecule has 0 atom stereocenters. The fraction of sp³-hybridized carbons (Fsp3) is 0.929. The molecule has 3 aliphatic rings. The monoisotopic (exact) mass is 252 g/mol. The molecule has 2 N–H and O–H groups in total. The summed E-state index contributed by atoms with van der Waals surface area (Å²) in [5, 5.41) is 12.3. The molecule has 18 heavy (non-hydrogen) atoms. The number of hydrogen-bond acceptors (Lipinski definition) is 3. The van der Waals surface area contributed by atoms with Crippen molar-refractivity contribution in [3.63, 3.8) is 0 Å². The van der Waals surface area contributed by atoms with Gasteiger partial charge in [0.05, 0.1) is 13.2 Å². The van der Waals surface area contributed by atoms with E-state index < -0.39 is 0 Å². The minimum absolute atomic E-state index is 0.151. The van der Waals surface area contributed by atoms with Crippen molar-refractivity contribution >= 4 is 5.91 Å². The van der Waals surface area contributed by atoms with Gasteiger partial charge < -0.3 is 10.4 Å². The Morgan fingerprint density at radius 2 is 1.78 bits per heavy atom. The van der Waals surface area contributed by atoms with Crippen LogP contribution in [0.4, 0.5) is 0 Å². The second-order valence-corrected chi connectivity index (χ2v) is 6.19. The third-order valence-electron chi connectivity index (χ3n) is 4.38. The van der Waals surface area contributed by atoms with Crippen LogP contribution in [0.2, 0.25) is 0 Å². The van der Waals surface area contributed by atoms with Gasteiger partial charge in [-0.15, -0.1) is 0 Å². The summed E-state index contributed by atoms with van der Waals surface area (Å²) in [6.45, 7) is 1.26. The number of carbonyl (C=O) groups is 1. The molecule has 3 saturated carbocycles. The van der Waals surface area contributed by atoms with Crippen LogP contribution in [-0.4, -0.2) is 47.7 Å². The van der Waals surface area contributed by atoms with Gasteiger partial charge in [-0.3, -0.25) is 9.69 Å². The maximum Gasteiger partial charge on any atom is 0.234 e. The molecule has 4 heteroatoms. The maximum atomic E-state index is 12.1. The van der Waals surface area contributed by atoms with Crippen LogP contribution in [0.15, 0.2) is 0 Å². The number of rotatable bonds is 8. The Labute approximate surface area is 109 Å². The number of nitrogens with one attached hydrogen (secondary N) is 1. The molecular formula is C14H24N2O2. The van der Waals surface area contributed by atoms with E-state index in [2.05, 4.69) is 10.2 Å². The van der Waals surface area contributed by atoms with E-state index in [1.165, 1.54) is 38.5 Å². The summed E-state index contributed by atoms with van der Waals surface area (Å²) in [5.41, 5.74) is 0. The lowest BCUT2D eigenvalue weighted by Gasteiger charge is -2.23. The van der Waals surface area contributed by atoms with Crippen LogP contribution in [0.25, 0.3) is 0 Å². The summed E-state index contributed by atoms with van der Waals surface area (Å²) in [6, 6.07) is 0.996. The van der Waals surface area contributed by atoms with E-state index in [1.54, 1.807) is 0 Å². The Morgan fingerprint density at radius 1 is 1.17 bits per heavy atom. The van der Waals surface area contributed by atoms with Crippen LogP contribution in [0.1, 0.15) is 38.5 Å². The van der Waals surface area contributed by atoms with Crippen molar-refractivity contribution in [1.82, 2.24) is 10.2 Å². The molecule has 0 aromatic carbocycles. The molecule has 0 aliphatic heterocycles. The fourth-order valence-electron chi connectivity index (χ4n) is 2.91. The molecule has 1 amide bonds.